The Labute approximate surface area is 127 Å². The molecular formula is C19H24O2. The molecule has 1 N–H and O–H groups in total. The average molecular weight is 284 g/mol. The van der Waals surface area contributed by atoms with E-state index in [1.807, 2.05) is 38.1 Å². The summed E-state index contributed by atoms with van der Waals surface area (Å²) in [5.74, 6) is 0.781. The minimum atomic E-state index is -0.499. The van der Waals surface area contributed by atoms with Crippen LogP contribution in [0.1, 0.15) is 43.1 Å². The predicted octanol–water partition coefficient (Wildman–Crippen LogP) is 4.45. The van der Waals surface area contributed by atoms with Crippen LogP contribution in [0.15, 0.2) is 48.5 Å². The van der Waals surface area contributed by atoms with Crippen molar-refractivity contribution in [2.75, 3.05) is 0 Å². The molecule has 21 heavy (non-hydrogen) atoms. The Hall–Kier alpha value is -1.80. The molecule has 0 aromatic heterocycles. The van der Waals surface area contributed by atoms with Gasteiger partial charge in [0.1, 0.15) is 5.75 Å². The summed E-state index contributed by atoms with van der Waals surface area (Å²) in [5.41, 5.74) is 3.38. The number of aryl methyl sites for hydroxylation is 2. The summed E-state index contributed by atoms with van der Waals surface area (Å²) in [6.07, 6.45) is 1.16. The molecular weight excluding hydrogens is 260 g/mol. The van der Waals surface area contributed by atoms with Crippen LogP contribution in [0.4, 0.5) is 0 Å². The zero-order chi connectivity index (χ0) is 15.2. The lowest BCUT2D eigenvalue weighted by Crippen LogP contribution is -2.09. The van der Waals surface area contributed by atoms with Gasteiger partial charge in [-0.15, -0.1) is 0 Å². The number of rotatable bonds is 6. The van der Waals surface area contributed by atoms with Gasteiger partial charge in [0.2, 0.25) is 0 Å². The van der Waals surface area contributed by atoms with E-state index in [-0.39, 0.29) is 6.10 Å². The fourth-order valence-corrected chi connectivity index (χ4v) is 2.33. The Kier molecular flexibility index (Phi) is 5.40. The molecule has 0 spiro atoms. The van der Waals surface area contributed by atoms with E-state index in [4.69, 9.17) is 4.74 Å². The molecule has 0 heterocycles. The number of ether oxygens (including phenoxy) is 1. The quantitative estimate of drug-likeness (QED) is 0.849. The van der Waals surface area contributed by atoms with E-state index in [0.29, 0.717) is 6.42 Å². The Morgan fingerprint density at radius 1 is 1.00 bits per heavy atom. The molecule has 0 saturated heterocycles. The second-order valence-corrected chi connectivity index (χ2v) is 5.74. The van der Waals surface area contributed by atoms with Crippen LogP contribution in [0.3, 0.4) is 0 Å². The average Bonchev–Trinajstić information content (AvgIpc) is 2.46. The molecule has 2 heteroatoms. The second kappa shape index (κ2) is 7.28. The highest BCUT2D eigenvalue weighted by molar-refractivity contribution is 5.35. The fraction of sp³-hybridized carbons (Fsp3) is 0.368. The summed E-state index contributed by atoms with van der Waals surface area (Å²) in [6, 6.07) is 16.2. The summed E-state index contributed by atoms with van der Waals surface area (Å²) in [5, 5.41) is 10.5. The van der Waals surface area contributed by atoms with Crippen molar-refractivity contribution in [1.29, 1.82) is 0 Å². The van der Waals surface area contributed by atoms with Crippen molar-refractivity contribution >= 4 is 0 Å². The molecule has 0 bridgehead atoms. The van der Waals surface area contributed by atoms with Gasteiger partial charge in [0.05, 0.1) is 12.2 Å². The van der Waals surface area contributed by atoms with E-state index in [9.17, 15) is 5.11 Å². The van der Waals surface area contributed by atoms with Crippen LogP contribution in [-0.2, 0) is 6.42 Å². The van der Waals surface area contributed by atoms with E-state index in [2.05, 4.69) is 31.2 Å². The maximum absolute atomic E-state index is 10.5. The molecule has 0 saturated carbocycles. The number of hydrogen-bond donors (Lipinski definition) is 1. The van der Waals surface area contributed by atoms with Gasteiger partial charge in [-0.25, -0.2) is 0 Å². The molecule has 2 aromatic rings. The van der Waals surface area contributed by atoms with E-state index < -0.39 is 6.10 Å². The fourth-order valence-electron chi connectivity index (χ4n) is 2.33. The first-order valence-electron chi connectivity index (χ1n) is 7.55. The lowest BCUT2D eigenvalue weighted by Gasteiger charge is -2.18. The van der Waals surface area contributed by atoms with Gasteiger partial charge in [0.25, 0.3) is 0 Å². The van der Waals surface area contributed by atoms with Gasteiger partial charge in [0, 0.05) is 5.56 Å². The molecule has 2 rings (SSSR count). The molecule has 0 fully saturated rings. The molecule has 2 nitrogen and oxygen atoms in total. The SMILES string of the molecule is Cc1ccc(CCC(O)c2ccccc2OC(C)C)cc1. The molecule has 0 aliphatic rings. The number of benzene rings is 2. The third kappa shape index (κ3) is 4.61. The maximum atomic E-state index is 10.5. The predicted molar refractivity (Wildman–Crippen MR) is 86.7 cm³/mol. The summed E-state index contributed by atoms with van der Waals surface area (Å²) in [4.78, 5) is 0. The third-order valence-corrected chi connectivity index (χ3v) is 3.47. The van der Waals surface area contributed by atoms with Crippen LogP contribution >= 0.6 is 0 Å². The Bertz CT molecular complexity index is 558. The lowest BCUT2D eigenvalue weighted by molar-refractivity contribution is 0.157. The zero-order valence-electron chi connectivity index (χ0n) is 13.0. The lowest BCUT2D eigenvalue weighted by atomic mass is 10.00. The van der Waals surface area contributed by atoms with E-state index in [1.165, 1.54) is 11.1 Å². The van der Waals surface area contributed by atoms with Crippen LogP contribution in [0.25, 0.3) is 0 Å². The minimum Gasteiger partial charge on any atom is -0.491 e. The van der Waals surface area contributed by atoms with Crippen LogP contribution in [0.5, 0.6) is 5.75 Å². The zero-order valence-corrected chi connectivity index (χ0v) is 13.0. The Morgan fingerprint density at radius 3 is 2.33 bits per heavy atom. The highest BCUT2D eigenvalue weighted by atomic mass is 16.5. The number of aliphatic hydroxyl groups is 1. The molecule has 0 amide bonds. The highest BCUT2D eigenvalue weighted by Crippen LogP contribution is 2.28. The standard InChI is InChI=1S/C19H24O2/c1-14(2)21-19-7-5-4-6-17(19)18(20)13-12-16-10-8-15(3)9-11-16/h4-11,14,18,20H,12-13H2,1-3H3. The van der Waals surface area contributed by atoms with Crippen LogP contribution < -0.4 is 4.74 Å². The largest absolute Gasteiger partial charge is 0.491 e. The summed E-state index contributed by atoms with van der Waals surface area (Å²) in [6.45, 7) is 6.07. The van der Waals surface area contributed by atoms with Gasteiger partial charge in [0.15, 0.2) is 0 Å². The van der Waals surface area contributed by atoms with Gasteiger partial charge >= 0.3 is 0 Å². The topological polar surface area (TPSA) is 29.5 Å². The van der Waals surface area contributed by atoms with Crippen LogP contribution in [0.2, 0.25) is 0 Å². The summed E-state index contributed by atoms with van der Waals surface area (Å²) in [7, 11) is 0. The van der Waals surface area contributed by atoms with Crippen molar-refractivity contribution in [3.05, 3.63) is 65.2 Å². The Balaban J connectivity index is 2.03. The highest BCUT2D eigenvalue weighted by Gasteiger charge is 2.14. The van der Waals surface area contributed by atoms with E-state index in [1.54, 1.807) is 0 Å². The smallest absolute Gasteiger partial charge is 0.125 e. The normalized spacial score (nSPS) is 12.4. The van der Waals surface area contributed by atoms with Crippen molar-refractivity contribution < 1.29 is 9.84 Å². The summed E-state index contributed by atoms with van der Waals surface area (Å²) < 4.78 is 5.77. The first-order valence-corrected chi connectivity index (χ1v) is 7.55. The molecule has 112 valence electrons. The van der Waals surface area contributed by atoms with Crippen molar-refractivity contribution in [3.8, 4) is 5.75 Å². The van der Waals surface area contributed by atoms with Gasteiger partial charge < -0.3 is 9.84 Å². The molecule has 0 aliphatic heterocycles. The van der Waals surface area contributed by atoms with E-state index >= 15 is 0 Å². The van der Waals surface area contributed by atoms with Crippen molar-refractivity contribution in [2.24, 2.45) is 0 Å². The summed E-state index contributed by atoms with van der Waals surface area (Å²) >= 11 is 0. The van der Waals surface area contributed by atoms with Gasteiger partial charge in [-0.05, 0) is 45.2 Å². The van der Waals surface area contributed by atoms with Gasteiger partial charge in [-0.1, -0.05) is 48.0 Å². The van der Waals surface area contributed by atoms with Gasteiger partial charge in [-0.2, -0.15) is 0 Å². The van der Waals surface area contributed by atoms with Crippen LogP contribution in [-0.4, -0.2) is 11.2 Å². The first-order chi connectivity index (χ1) is 10.1. The molecule has 1 atom stereocenters. The monoisotopic (exact) mass is 284 g/mol. The minimum absolute atomic E-state index is 0.107. The molecule has 0 aliphatic carbocycles. The number of aliphatic hydroxyl groups excluding tert-OH is 1. The second-order valence-electron chi connectivity index (χ2n) is 5.74. The Morgan fingerprint density at radius 2 is 1.67 bits per heavy atom. The number of para-hydroxylation sites is 1. The van der Waals surface area contributed by atoms with E-state index in [0.717, 1.165) is 17.7 Å². The molecule has 1 unspecified atom stereocenters. The maximum Gasteiger partial charge on any atom is 0.125 e. The van der Waals surface area contributed by atoms with Gasteiger partial charge in [-0.3, -0.25) is 0 Å². The first kappa shape index (κ1) is 15.6. The number of hydrogen-bond acceptors (Lipinski definition) is 2. The molecule has 0 radical (unpaired) electrons. The van der Waals surface area contributed by atoms with Crippen molar-refractivity contribution in [2.45, 2.75) is 45.8 Å². The third-order valence-electron chi connectivity index (χ3n) is 3.47. The van der Waals surface area contributed by atoms with Crippen molar-refractivity contribution in [1.82, 2.24) is 0 Å². The molecule has 2 aromatic carbocycles. The van der Waals surface area contributed by atoms with Crippen molar-refractivity contribution in [3.63, 3.8) is 0 Å². The van der Waals surface area contributed by atoms with Crippen LogP contribution in [0, 0.1) is 6.92 Å².